The minimum Gasteiger partial charge on any atom is -0.462 e. The maximum Gasteiger partial charge on any atom is 0.408 e. The summed E-state index contributed by atoms with van der Waals surface area (Å²) in [7, 11) is 0. The Morgan fingerprint density at radius 3 is 2.54 bits per heavy atom. The van der Waals surface area contributed by atoms with Gasteiger partial charge in [-0.05, 0) is 39.7 Å². The van der Waals surface area contributed by atoms with Gasteiger partial charge in [0, 0.05) is 0 Å². The number of amides is 1. The average molecular weight is 376 g/mol. The smallest absolute Gasteiger partial charge is 0.408 e. The van der Waals surface area contributed by atoms with Crippen LogP contribution < -0.4 is 5.32 Å². The molecular formula is C19H24N2O4S. The third kappa shape index (κ3) is 6.15. The van der Waals surface area contributed by atoms with Gasteiger partial charge in [0.05, 0.1) is 18.8 Å². The summed E-state index contributed by atoms with van der Waals surface area (Å²) in [5.74, 6) is -0.410. The van der Waals surface area contributed by atoms with Crippen LogP contribution in [0, 0.1) is 0 Å². The number of hydrogen-bond acceptors (Lipinski definition) is 6. The van der Waals surface area contributed by atoms with Crippen molar-refractivity contribution in [3.63, 3.8) is 0 Å². The van der Waals surface area contributed by atoms with Crippen LogP contribution in [0.2, 0.25) is 0 Å². The van der Waals surface area contributed by atoms with Crippen LogP contribution in [0.5, 0.6) is 0 Å². The van der Waals surface area contributed by atoms with E-state index in [4.69, 9.17) is 9.47 Å². The molecule has 0 bridgehead atoms. The molecule has 1 aromatic carbocycles. The molecule has 1 atom stereocenters. The van der Waals surface area contributed by atoms with E-state index >= 15 is 0 Å². The Morgan fingerprint density at radius 2 is 1.92 bits per heavy atom. The van der Waals surface area contributed by atoms with Gasteiger partial charge in [-0.3, -0.25) is 0 Å². The Bertz CT molecular complexity index is 737. The number of carbonyl (C=O) groups is 2. The van der Waals surface area contributed by atoms with Crippen LogP contribution in [-0.2, 0) is 15.9 Å². The maximum atomic E-state index is 12.2. The van der Waals surface area contributed by atoms with E-state index in [-0.39, 0.29) is 0 Å². The monoisotopic (exact) mass is 376 g/mol. The van der Waals surface area contributed by atoms with Crippen molar-refractivity contribution in [1.82, 2.24) is 10.3 Å². The summed E-state index contributed by atoms with van der Waals surface area (Å²) >= 11 is 1.21. The topological polar surface area (TPSA) is 77.5 Å². The van der Waals surface area contributed by atoms with Gasteiger partial charge in [-0.15, -0.1) is 11.3 Å². The van der Waals surface area contributed by atoms with Crippen molar-refractivity contribution in [3.8, 4) is 0 Å². The number of ether oxygens (including phenoxy) is 2. The summed E-state index contributed by atoms with van der Waals surface area (Å²) in [5.41, 5.74) is 0.446. The van der Waals surface area contributed by atoms with E-state index < -0.39 is 23.7 Å². The van der Waals surface area contributed by atoms with Crippen LogP contribution in [0.25, 0.3) is 0 Å². The van der Waals surface area contributed by atoms with Crippen molar-refractivity contribution in [2.24, 2.45) is 0 Å². The van der Waals surface area contributed by atoms with Gasteiger partial charge in [0.2, 0.25) is 0 Å². The summed E-state index contributed by atoms with van der Waals surface area (Å²) in [6.45, 7) is 7.47. The lowest BCUT2D eigenvalue weighted by atomic mass is 10.1. The molecule has 0 aliphatic rings. The first-order valence-corrected chi connectivity index (χ1v) is 9.26. The summed E-state index contributed by atoms with van der Waals surface area (Å²) in [4.78, 5) is 28.8. The molecule has 0 aliphatic heterocycles. The molecular weight excluding hydrogens is 352 g/mol. The lowest BCUT2D eigenvalue weighted by Gasteiger charge is -2.23. The molecule has 2 aromatic rings. The largest absolute Gasteiger partial charge is 0.462 e. The number of thiazole rings is 1. The predicted octanol–water partition coefficient (Wildman–Crippen LogP) is 4.13. The van der Waals surface area contributed by atoms with Crippen molar-refractivity contribution in [1.29, 1.82) is 0 Å². The first-order valence-electron chi connectivity index (χ1n) is 8.44. The van der Waals surface area contributed by atoms with E-state index in [2.05, 4.69) is 10.3 Å². The number of aromatic nitrogens is 1. The van der Waals surface area contributed by atoms with Gasteiger partial charge in [0.1, 0.15) is 15.5 Å². The van der Waals surface area contributed by atoms with Gasteiger partial charge >= 0.3 is 12.1 Å². The molecule has 0 spiro atoms. The minimum absolute atomic E-state index is 0.301. The highest BCUT2D eigenvalue weighted by atomic mass is 32.1. The molecule has 0 saturated carbocycles. The van der Waals surface area contributed by atoms with Crippen molar-refractivity contribution in [3.05, 3.63) is 52.0 Å². The van der Waals surface area contributed by atoms with Gasteiger partial charge < -0.3 is 14.8 Å². The van der Waals surface area contributed by atoms with Gasteiger partial charge in [-0.2, -0.15) is 0 Å². The zero-order valence-electron chi connectivity index (χ0n) is 15.4. The van der Waals surface area contributed by atoms with Crippen molar-refractivity contribution >= 4 is 23.4 Å². The zero-order valence-corrected chi connectivity index (χ0v) is 16.3. The fraction of sp³-hybridized carbons (Fsp3) is 0.421. The average Bonchev–Trinajstić information content (AvgIpc) is 3.04. The third-order valence-corrected chi connectivity index (χ3v) is 4.36. The highest BCUT2D eigenvalue weighted by Crippen LogP contribution is 2.25. The number of esters is 1. The molecule has 2 rings (SSSR count). The maximum absolute atomic E-state index is 12.2. The summed E-state index contributed by atoms with van der Waals surface area (Å²) in [6, 6.07) is 9.35. The van der Waals surface area contributed by atoms with E-state index in [1.807, 2.05) is 30.3 Å². The second-order valence-electron chi connectivity index (χ2n) is 6.67. The molecule has 0 unspecified atom stereocenters. The summed E-state index contributed by atoms with van der Waals surface area (Å²) in [5, 5.41) is 3.48. The number of alkyl carbamates (subject to hydrolysis) is 1. The second kappa shape index (κ2) is 8.80. The standard InChI is InChI=1S/C19H24N2O4S/c1-5-24-17(22)15-12-20-16(26-15)14(11-13-9-7-6-8-10-13)21-18(23)25-19(2,3)4/h6-10,12,14H,5,11H2,1-4H3,(H,21,23)/t14-/m0/s1. The van der Waals surface area contributed by atoms with Crippen molar-refractivity contribution < 1.29 is 19.1 Å². The summed E-state index contributed by atoms with van der Waals surface area (Å²) in [6.07, 6.45) is 1.49. The lowest BCUT2D eigenvalue weighted by Crippen LogP contribution is -2.35. The SMILES string of the molecule is CCOC(=O)c1cnc([C@H](Cc2ccccc2)NC(=O)OC(C)(C)C)s1. The van der Waals surface area contributed by atoms with E-state index in [0.29, 0.717) is 22.9 Å². The zero-order chi connectivity index (χ0) is 19.2. The molecule has 26 heavy (non-hydrogen) atoms. The number of carbonyl (C=O) groups excluding carboxylic acids is 2. The fourth-order valence-corrected chi connectivity index (χ4v) is 3.11. The highest BCUT2D eigenvalue weighted by molar-refractivity contribution is 7.13. The number of nitrogens with one attached hydrogen (secondary N) is 1. The fourth-order valence-electron chi connectivity index (χ4n) is 2.24. The van der Waals surface area contributed by atoms with Gasteiger partial charge in [-0.1, -0.05) is 30.3 Å². The Hall–Kier alpha value is -2.41. The van der Waals surface area contributed by atoms with Crippen molar-refractivity contribution in [2.75, 3.05) is 6.61 Å². The van der Waals surface area contributed by atoms with Crippen LogP contribution >= 0.6 is 11.3 Å². The van der Waals surface area contributed by atoms with Gasteiger partial charge in [0.15, 0.2) is 0 Å². The van der Waals surface area contributed by atoms with E-state index in [1.54, 1.807) is 27.7 Å². The second-order valence-corrected chi connectivity index (χ2v) is 7.73. The Kier molecular flexibility index (Phi) is 6.74. The molecule has 1 amide bonds. The molecule has 0 saturated heterocycles. The Balaban J connectivity index is 2.20. The number of nitrogens with zero attached hydrogens (tertiary/aromatic N) is 1. The molecule has 1 heterocycles. The molecule has 7 heteroatoms. The van der Waals surface area contributed by atoms with Crippen LogP contribution in [-0.4, -0.2) is 29.3 Å². The molecule has 6 nitrogen and oxygen atoms in total. The molecule has 0 aliphatic carbocycles. The van der Waals surface area contributed by atoms with Crippen LogP contribution in [0.3, 0.4) is 0 Å². The first kappa shape index (κ1) is 19.9. The van der Waals surface area contributed by atoms with Crippen molar-refractivity contribution in [2.45, 2.75) is 45.8 Å². The molecule has 1 aromatic heterocycles. The van der Waals surface area contributed by atoms with E-state index in [9.17, 15) is 9.59 Å². The van der Waals surface area contributed by atoms with Crippen LogP contribution in [0.1, 0.15) is 54.0 Å². The third-order valence-electron chi connectivity index (χ3n) is 3.27. The predicted molar refractivity (Wildman–Crippen MR) is 100 cm³/mol. The Labute approximate surface area is 157 Å². The van der Waals surface area contributed by atoms with Gasteiger partial charge in [-0.25, -0.2) is 14.6 Å². The quantitative estimate of drug-likeness (QED) is 0.767. The number of benzene rings is 1. The Morgan fingerprint density at radius 1 is 1.23 bits per heavy atom. The van der Waals surface area contributed by atoms with Gasteiger partial charge in [0.25, 0.3) is 0 Å². The number of hydrogen-bond donors (Lipinski definition) is 1. The normalized spacial score (nSPS) is 12.3. The highest BCUT2D eigenvalue weighted by Gasteiger charge is 2.24. The molecule has 0 radical (unpaired) electrons. The lowest BCUT2D eigenvalue weighted by molar-refractivity contribution is 0.0500. The molecule has 140 valence electrons. The first-order chi connectivity index (χ1) is 12.3. The van der Waals surface area contributed by atoms with Crippen LogP contribution in [0.15, 0.2) is 36.5 Å². The summed E-state index contributed by atoms with van der Waals surface area (Å²) < 4.78 is 10.4. The van der Waals surface area contributed by atoms with Crippen LogP contribution in [0.4, 0.5) is 4.79 Å². The van der Waals surface area contributed by atoms with E-state index in [0.717, 1.165) is 5.56 Å². The number of rotatable bonds is 6. The molecule has 1 N–H and O–H groups in total. The van der Waals surface area contributed by atoms with E-state index in [1.165, 1.54) is 17.5 Å². The molecule has 0 fully saturated rings. The minimum atomic E-state index is -0.597.